The van der Waals surface area contributed by atoms with Crippen molar-refractivity contribution in [2.45, 2.75) is 57.6 Å². The van der Waals surface area contributed by atoms with E-state index in [4.69, 9.17) is 0 Å². The number of hydrogen-bond donors (Lipinski definition) is 2. The first kappa shape index (κ1) is 14.9. The van der Waals surface area contributed by atoms with Gasteiger partial charge in [-0.15, -0.1) is 0 Å². The maximum absolute atomic E-state index is 9.78. The highest BCUT2D eigenvalue weighted by molar-refractivity contribution is 4.78. The zero-order chi connectivity index (χ0) is 12.7. The number of aliphatic hydroxyl groups excluding tert-OH is 1. The minimum atomic E-state index is -0.238. The summed E-state index contributed by atoms with van der Waals surface area (Å²) in [5.41, 5.74) is 0. The first-order valence-electron chi connectivity index (χ1n) is 7.18. The molecule has 0 radical (unpaired) electrons. The van der Waals surface area contributed by atoms with Crippen LogP contribution >= 0.6 is 0 Å². The van der Waals surface area contributed by atoms with E-state index in [0.29, 0.717) is 6.04 Å². The third-order valence-corrected chi connectivity index (χ3v) is 3.76. The number of hydrogen-bond acceptors (Lipinski definition) is 3. The van der Waals surface area contributed by atoms with Gasteiger partial charge in [0.15, 0.2) is 0 Å². The average Bonchev–Trinajstić information content (AvgIpc) is 2.28. The molecule has 1 saturated carbocycles. The molecule has 102 valence electrons. The molecule has 0 spiro atoms. The Labute approximate surface area is 107 Å². The molecular weight excluding hydrogens is 212 g/mol. The Morgan fingerprint density at radius 1 is 1.24 bits per heavy atom. The molecular formula is C14H30N2O. The molecule has 1 unspecified atom stereocenters. The van der Waals surface area contributed by atoms with Gasteiger partial charge in [0, 0.05) is 19.1 Å². The number of rotatable bonds is 7. The van der Waals surface area contributed by atoms with Crippen molar-refractivity contribution in [2.75, 3.05) is 27.2 Å². The van der Waals surface area contributed by atoms with E-state index in [9.17, 15) is 5.11 Å². The Kier molecular flexibility index (Phi) is 7.09. The maximum atomic E-state index is 9.78. The van der Waals surface area contributed by atoms with Crippen molar-refractivity contribution in [3.05, 3.63) is 0 Å². The van der Waals surface area contributed by atoms with E-state index in [2.05, 4.69) is 12.2 Å². The van der Waals surface area contributed by atoms with Crippen molar-refractivity contribution in [3.63, 3.8) is 0 Å². The van der Waals surface area contributed by atoms with Gasteiger partial charge in [-0.2, -0.15) is 0 Å². The van der Waals surface area contributed by atoms with Crippen LogP contribution < -0.4 is 5.32 Å². The van der Waals surface area contributed by atoms with Crippen LogP contribution in [0, 0.1) is 5.92 Å². The third kappa shape index (κ3) is 6.39. The monoisotopic (exact) mass is 242 g/mol. The largest absolute Gasteiger partial charge is 0.390 e. The molecule has 0 bridgehead atoms. The highest BCUT2D eigenvalue weighted by Gasteiger charge is 2.20. The topological polar surface area (TPSA) is 35.5 Å². The van der Waals surface area contributed by atoms with Crippen molar-refractivity contribution in [2.24, 2.45) is 5.92 Å². The smallest absolute Gasteiger partial charge is 0.0791 e. The van der Waals surface area contributed by atoms with E-state index in [1.54, 1.807) is 0 Å². The summed E-state index contributed by atoms with van der Waals surface area (Å²) in [5.74, 6) is 0.963. The molecule has 1 atom stereocenters. The van der Waals surface area contributed by atoms with Gasteiger partial charge in [-0.3, -0.25) is 0 Å². The molecule has 1 rings (SSSR count). The molecule has 0 aromatic rings. The van der Waals surface area contributed by atoms with Crippen LogP contribution in [0.15, 0.2) is 0 Å². The van der Waals surface area contributed by atoms with Gasteiger partial charge < -0.3 is 15.3 Å². The van der Waals surface area contributed by atoms with Gasteiger partial charge >= 0.3 is 0 Å². The molecule has 0 amide bonds. The lowest BCUT2D eigenvalue weighted by Gasteiger charge is -2.30. The number of nitrogens with one attached hydrogen (secondary N) is 1. The molecule has 1 fully saturated rings. The Morgan fingerprint density at radius 2 is 1.88 bits per heavy atom. The zero-order valence-corrected chi connectivity index (χ0v) is 11.8. The fourth-order valence-corrected chi connectivity index (χ4v) is 2.85. The van der Waals surface area contributed by atoms with E-state index < -0.39 is 0 Å². The van der Waals surface area contributed by atoms with E-state index in [0.717, 1.165) is 19.0 Å². The lowest BCUT2D eigenvalue weighted by Crippen LogP contribution is -2.41. The molecule has 3 heteroatoms. The second-order valence-electron chi connectivity index (χ2n) is 5.83. The van der Waals surface area contributed by atoms with Crippen LogP contribution in [-0.2, 0) is 0 Å². The molecule has 2 N–H and O–H groups in total. The van der Waals surface area contributed by atoms with Crippen LogP contribution in [0.4, 0.5) is 0 Å². The molecule has 0 aliphatic heterocycles. The van der Waals surface area contributed by atoms with Gasteiger partial charge in [0.25, 0.3) is 0 Å². The number of nitrogens with zero attached hydrogens (tertiary/aromatic N) is 1. The molecule has 17 heavy (non-hydrogen) atoms. The summed E-state index contributed by atoms with van der Waals surface area (Å²) in [7, 11) is 4.00. The van der Waals surface area contributed by atoms with Gasteiger partial charge in [-0.05, 0) is 45.7 Å². The Morgan fingerprint density at radius 3 is 2.41 bits per heavy atom. The first-order valence-corrected chi connectivity index (χ1v) is 7.18. The average molecular weight is 242 g/mol. The quantitative estimate of drug-likeness (QED) is 0.715. The van der Waals surface area contributed by atoms with E-state index in [-0.39, 0.29) is 6.10 Å². The fourth-order valence-electron chi connectivity index (χ4n) is 2.85. The summed E-state index contributed by atoms with van der Waals surface area (Å²) in [5, 5.41) is 13.3. The molecule has 0 aromatic heterocycles. The summed E-state index contributed by atoms with van der Waals surface area (Å²) < 4.78 is 0. The van der Waals surface area contributed by atoms with Crippen LogP contribution in [0.25, 0.3) is 0 Å². The maximum Gasteiger partial charge on any atom is 0.0791 e. The Hall–Kier alpha value is -0.120. The summed E-state index contributed by atoms with van der Waals surface area (Å²) in [6.45, 7) is 3.77. The fraction of sp³-hybridized carbons (Fsp3) is 1.00. The zero-order valence-electron chi connectivity index (χ0n) is 11.8. The van der Waals surface area contributed by atoms with Crippen LogP contribution in [0.3, 0.4) is 0 Å². The lowest BCUT2D eigenvalue weighted by atomic mass is 9.83. The lowest BCUT2D eigenvalue weighted by molar-refractivity contribution is 0.127. The first-order chi connectivity index (χ1) is 8.11. The van der Waals surface area contributed by atoms with Crippen LogP contribution in [0.5, 0.6) is 0 Å². The molecule has 0 aromatic carbocycles. The summed E-state index contributed by atoms with van der Waals surface area (Å²) in [6, 6.07) is 0.639. The van der Waals surface area contributed by atoms with Crippen LogP contribution in [-0.4, -0.2) is 49.3 Å². The summed E-state index contributed by atoms with van der Waals surface area (Å²) in [4.78, 5) is 2.03. The van der Waals surface area contributed by atoms with Gasteiger partial charge in [0.2, 0.25) is 0 Å². The van der Waals surface area contributed by atoms with Crippen LogP contribution in [0.2, 0.25) is 0 Å². The number of aliphatic hydroxyl groups is 1. The minimum absolute atomic E-state index is 0.238. The van der Waals surface area contributed by atoms with Crippen molar-refractivity contribution in [1.82, 2.24) is 10.2 Å². The number of likely N-dealkylation sites (N-methyl/N-ethyl adjacent to an activating group) is 1. The predicted molar refractivity (Wildman–Crippen MR) is 73.2 cm³/mol. The normalized spacial score (nSPS) is 27.4. The second-order valence-corrected chi connectivity index (χ2v) is 5.83. The van der Waals surface area contributed by atoms with E-state index >= 15 is 0 Å². The van der Waals surface area contributed by atoms with Crippen molar-refractivity contribution in [1.29, 1.82) is 0 Å². The van der Waals surface area contributed by atoms with Crippen molar-refractivity contribution in [3.8, 4) is 0 Å². The Bertz CT molecular complexity index is 189. The summed E-state index contributed by atoms with van der Waals surface area (Å²) in [6.07, 6.45) is 7.81. The Balaban J connectivity index is 2.09. The van der Waals surface area contributed by atoms with E-state index in [1.165, 1.54) is 38.5 Å². The van der Waals surface area contributed by atoms with Crippen molar-refractivity contribution >= 4 is 0 Å². The van der Waals surface area contributed by atoms with Gasteiger partial charge in [-0.25, -0.2) is 0 Å². The molecule has 3 nitrogen and oxygen atoms in total. The molecule has 1 aliphatic carbocycles. The van der Waals surface area contributed by atoms with Gasteiger partial charge in [-0.1, -0.05) is 19.8 Å². The van der Waals surface area contributed by atoms with E-state index in [1.807, 2.05) is 19.0 Å². The SMILES string of the molecule is CCCC1CCC(NCC(O)CN(C)C)CC1. The highest BCUT2D eigenvalue weighted by Crippen LogP contribution is 2.27. The highest BCUT2D eigenvalue weighted by atomic mass is 16.3. The minimum Gasteiger partial charge on any atom is -0.390 e. The molecule has 1 aliphatic rings. The third-order valence-electron chi connectivity index (χ3n) is 3.76. The standard InChI is InChI=1S/C14H30N2O/c1-4-5-12-6-8-13(9-7-12)15-10-14(17)11-16(2)3/h12-15,17H,4-11H2,1-3H3. The van der Waals surface area contributed by atoms with Crippen molar-refractivity contribution < 1.29 is 5.11 Å². The van der Waals surface area contributed by atoms with Gasteiger partial charge in [0.05, 0.1) is 6.10 Å². The van der Waals surface area contributed by atoms with Gasteiger partial charge in [0.1, 0.15) is 0 Å². The molecule has 0 heterocycles. The predicted octanol–water partition coefficient (Wildman–Crippen LogP) is 1.86. The van der Waals surface area contributed by atoms with Crippen LogP contribution in [0.1, 0.15) is 45.4 Å². The second kappa shape index (κ2) is 8.06. The summed E-state index contributed by atoms with van der Waals surface area (Å²) >= 11 is 0. The molecule has 0 saturated heterocycles.